The van der Waals surface area contributed by atoms with Crippen LogP contribution in [0.25, 0.3) is 6.08 Å². The van der Waals surface area contributed by atoms with Gasteiger partial charge in [0.1, 0.15) is 12.4 Å². The van der Waals surface area contributed by atoms with Crippen LogP contribution in [-0.4, -0.2) is 11.1 Å². The Morgan fingerprint density at radius 1 is 1.13 bits per heavy atom. The summed E-state index contributed by atoms with van der Waals surface area (Å²) in [6.07, 6.45) is 1.68. The van der Waals surface area contributed by atoms with Crippen LogP contribution in [0.3, 0.4) is 0 Å². The van der Waals surface area contributed by atoms with E-state index in [-0.39, 0.29) is 11.1 Å². The Morgan fingerprint density at radius 3 is 2.57 bits per heavy atom. The van der Waals surface area contributed by atoms with Crippen LogP contribution in [0.4, 0.5) is 4.79 Å². The Hall–Kier alpha value is -2.05. The largest absolute Gasteiger partial charge is 0.488 e. The van der Waals surface area contributed by atoms with Gasteiger partial charge in [0.15, 0.2) is 0 Å². The fourth-order valence-electron chi connectivity index (χ4n) is 2.03. The predicted octanol–water partition coefficient (Wildman–Crippen LogP) is 4.35. The Morgan fingerprint density at radius 2 is 1.91 bits per heavy atom. The molecule has 0 aromatic heterocycles. The standard InChI is InChI=1S/C17H12BrNO3S/c18-13-8-12(9-15-16(20)19-17(21)23-15)6-7-14(13)22-10-11-4-2-1-3-5-11/h1-9H,10H2,(H,19,20,21)/b15-9+. The Bertz CT molecular complexity index is 790. The number of hydrogen-bond acceptors (Lipinski definition) is 4. The van der Waals surface area contributed by atoms with Gasteiger partial charge in [-0.1, -0.05) is 36.4 Å². The average Bonchev–Trinajstić information content (AvgIpc) is 2.85. The van der Waals surface area contributed by atoms with Crippen LogP contribution in [0.2, 0.25) is 0 Å². The lowest BCUT2D eigenvalue weighted by molar-refractivity contribution is -0.115. The van der Waals surface area contributed by atoms with E-state index in [0.29, 0.717) is 11.5 Å². The van der Waals surface area contributed by atoms with Crippen LogP contribution in [-0.2, 0) is 11.4 Å². The van der Waals surface area contributed by atoms with Gasteiger partial charge in [0.2, 0.25) is 0 Å². The maximum atomic E-state index is 11.5. The summed E-state index contributed by atoms with van der Waals surface area (Å²) < 4.78 is 6.57. The normalized spacial score (nSPS) is 15.8. The van der Waals surface area contributed by atoms with Crippen molar-refractivity contribution in [1.29, 1.82) is 0 Å². The van der Waals surface area contributed by atoms with E-state index >= 15 is 0 Å². The van der Waals surface area contributed by atoms with Gasteiger partial charge in [0.05, 0.1) is 9.38 Å². The minimum atomic E-state index is -0.361. The molecular weight excluding hydrogens is 378 g/mol. The minimum absolute atomic E-state index is 0.344. The van der Waals surface area contributed by atoms with E-state index in [0.717, 1.165) is 33.1 Å². The summed E-state index contributed by atoms with van der Waals surface area (Å²) >= 11 is 4.37. The zero-order valence-electron chi connectivity index (χ0n) is 11.9. The van der Waals surface area contributed by atoms with Gasteiger partial charge >= 0.3 is 0 Å². The van der Waals surface area contributed by atoms with Gasteiger partial charge in [-0.3, -0.25) is 14.9 Å². The third-order valence-corrected chi connectivity index (χ3v) is 4.56. The van der Waals surface area contributed by atoms with Gasteiger partial charge in [0.25, 0.3) is 11.1 Å². The number of benzene rings is 2. The van der Waals surface area contributed by atoms with Crippen molar-refractivity contribution in [2.45, 2.75) is 6.61 Å². The Kier molecular flexibility index (Phi) is 4.83. The highest BCUT2D eigenvalue weighted by atomic mass is 79.9. The lowest BCUT2D eigenvalue weighted by atomic mass is 10.2. The fourth-order valence-corrected chi connectivity index (χ4v) is 3.22. The van der Waals surface area contributed by atoms with E-state index in [1.54, 1.807) is 6.08 Å². The van der Waals surface area contributed by atoms with Crippen molar-refractivity contribution in [3.63, 3.8) is 0 Å². The first-order valence-electron chi connectivity index (χ1n) is 6.83. The molecule has 2 aromatic rings. The van der Waals surface area contributed by atoms with Crippen molar-refractivity contribution in [2.24, 2.45) is 0 Å². The molecule has 3 rings (SSSR count). The molecule has 4 nitrogen and oxygen atoms in total. The molecule has 1 N–H and O–H groups in total. The number of thioether (sulfide) groups is 1. The number of halogens is 1. The molecule has 0 radical (unpaired) electrons. The van der Waals surface area contributed by atoms with E-state index in [2.05, 4.69) is 21.2 Å². The lowest BCUT2D eigenvalue weighted by Crippen LogP contribution is -2.17. The summed E-state index contributed by atoms with van der Waals surface area (Å²) in [6, 6.07) is 15.4. The van der Waals surface area contributed by atoms with Crippen LogP contribution in [0, 0.1) is 0 Å². The molecule has 0 unspecified atom stereocenters. The molecule has 0 atom stereocenters. The zero-order chi connectivity index (χ0) is 16.2. The number of imide groups is 1. The first kappa shape index (κ1) is 15.8. The van der Waals surface area contributed by atoms with Gasteiger partial charge in [-0.2, -0.15) is 0 Å². The second kappa shape index (κ2) is 7.02. The summed E-state index contributed by atoms with van der Waals surface area (Å²) in [4.78, 5) is 23.1. The first-order valence-corrected chi connectivity index (χ1v) is 8.44. The van der Waals surface area contributed by atoms with Crippen molar-refractivity contribution in [3.8, 4) is 5.75 Å². The Labute approximate surface area is 146 Å². The number of amides is 2. The molecule has 6 heteroatoms. The molecule has 23 heavy (non-hydrogen) atoms. The second-order valence-electron chi connectivity index (χ2n) is 4.82. The average molecular weight is 390 g/mol. The first-order chi connectivity index (χ1) is 11.1. The number of carbonyl (C=O) groups excluding carboxylic acids is 2. The van der Waals surface area contributed by atoms with Gasteiger partial charge in [-0.15, -0.1) is 0 Å². The summed E-state index contributed by atoms with van der Waals surface area (Å²) in [7, 11) is 0. The number of carbonyl (C=O) groups is 2. The highest BCUT2D eigenvalue weighted by Gasteiger charge is 2.24. The molecule has 2 amide bonds. The molecule has 2 aromatic carbocycles. The number of nitrogens with one attached hydrogen (secondary N) is 1. The van der Waals surface area contributed by atoms with Crippen molar-refractivity contribution in [1.82, 2.24) is 5.32 Å². The number of ether oxygens (including phenoxy) is 1. The van der Waals surface area contributed by atoms with Gasteiger partial charge < -0.3 is 4.74 Å². The van der Waals surface area contributed by atoms with Crippen LogP contribution < -0.4 is 10.1 Å². The van der Waals surface area contributed by atoms with Crippen molar-refractivity contribution >= 4 is 44.9 Å². The van der Waals surface area contributed by atoms with Gasteiger partial charge in [-0.25, -0.2) is 0 Å². The molecule has 116 valence electrons. The fraction of sp³-hybridized carbons (Fsp3) is 0.0588. The highest BCUT2D eigenvalue weighted by Crippen LogP contribution is 2.30. The number of rotatable bonds is 4. The summed E-state index contributed by atoms with van der Waals surface area (Å²) in [6.45, 7) is 0.479. The molecule has 1 saturated heterocycles. The van der Waals surface area contributed by atoms with Crippen molar-refractivity contribution < 1.29 is 14.3 Å². The predicted molar refractivity (Wildman–Crippen MR) is 94.0 cm³/mol. The van der Waals surface area contributed by atoms with E-state index in [1.807, 2.05) is 48.5 Å². The smallest absolute Gasteiger partial charge is 0.290 e. The summed E-state index contributed by atoms with van der Waals surface area (Å²) in [5.41, 5.74) is 1.90. The van der Waals surface area contributed by atoms with Gasteiger partial charge in [0, 0.05) is 0 Å². The van der Waals surface area contributed by atoms with Crippen LogP contribution in [0.1, 0.15) is 11.1 Å². The summed E-state index contributed by atoms with van der Waals surface area (Å²) in [5, 5.41) is 1.89. The SMILES string of the molecule is O=C1NC(=O)/C(=C\c2ccc(OCc3ccccc3)c(Br)c2)S1. The monoisotopic (exact) mass is 389 g/mol. The van der Waals surface area contributed by atoms with Crippen LogP contribution >= 0.6 is 27.7 Å². The summed E-state index contributed by atoms with van der Waals surface area (Å²) in [5.74, 6) is 0.358. The molecule has 1 heterocycles. The zero-order valence-corrected chi connectivity index (χ0v) is 14.3. The highest BCUT2D eigenvalue weighted by molar-refractivity contribution is 9.10. The molecule has 1 fully saturated rings. The number of hydrogen-bond donors (Lipinski definition) is 1. The molecule has 1 aliphatic rings. The topological polar surface area (TPSA) is 55.4 Å². The lowest BCUT2D eigenvalue weighted by Gasteiger charge is -2.09. The van der Waals surface area contributed by atoms with E-state index < -0.39 is 0 Å². The molecule has 0 spiro atoms. The maximum absolute atomic E-state index is 11.5. The third kappa shape index (κ3) is 4.03. The third-order valence-electron chi connectivity index (χ3n) is 3.13. The second-order valence-corrected chi connectivity index (χ2v) is 6.69. The van der Waals surface area contributed by atoms with Crippen molar-refractivity contribution in [3.05, 3.63) is 69.0 Å². The Balaban J connectivity index is 1.72. The van der Waals surface area contributed by atoms with E-state index in [4.69, 9.17) is 4.74 Å². The molecule has 0 saturated carbocycles. The van der Waals surface area contributed by atoms with E-state index in [9.17, 15) is 9.59 Å². The maximum Gasteiger partial charge on any atom is 0.290 e. The molecule has 0 bridgehead atoms. The minimum Gasteiger partial charge on any atom is -0.488 e. The van der Waals surface area contributed by atoms with E-state index in [1.165, 1.54) is 0 Å². The van der Waals surface area contributed by atoms with Crippen LogP contribution in [0.15, 0.2) is 57.9 Å². The molecular formula is C17H12BrNO3S. The van der Waals surface area contributed by atoms with Gasteiger partial charge in [-0.05, 0) is 57.0 Å². The van der Waals surface area contributed by atoms with Crippen molar-refractivity contribution in [2.75, 3.05) is 0 Å². The molecule has 0 aliphatic carbocycles. The molecule has 1 aliphatic heterocycles. The van der Waals surface area contributed by atoms with Crippen LogP contribution in [0.5, 0.6) is 5.75 Å². The quantitative estimate of drug-likeness (QED) is 0.789.